The third-order valence-corrected chi connectivity index (χ3v) is 5.02. The van der Waals surface area contributed by atoms with Gasteiger partial charge in [-0.05, 0) is 6.92 Å². The summed E-state index contributed by atoms with van der Waals surface area (Å²) >= 11 is 0. The molecule has 0 fully saturated rings. The van der Waals surface area contributed by atoms with Gasteiger partial charge in [0.05, 0.1) is 4.92 Å². The van der Waals surface area contributed by atoms with Crippen LogP contribution < -0.4 is 0 Å². The number of nitrogens with zero attached hydrogens (tertiary/aromatic N) is 3. The van der Waals surface area contributed by atoms with Crippen molar-refractivity contribution in [2.75, 3.05) is 14.1 Å². The van der Waals surface area contributed by atoms with Gasteiger partial charge in [0.2, 0.25) is 0 Å². The summed E-state index contributed by atoms with van der Waals surface area (Å²) in [6.45, 7) is 0.795. The number of nitro groups is 1. The van der Waals surface area contributed by atoms with Gasteiger partial charge in [-0.3, -0.25) is 14.9 Å². The molecule has 1 aromatic rings. The van der Waals surface area contributed by atoms with E-state index in [0.717, 1.165) is 4.31 Å². The second kappa shape index (κ2) is 6.81. The summed E-state index contributed by atoms with van der Waals surface area (Å²) in [6, 6.07) is 4.24. The van der Waals surface area contributed by atoms with E-state index in [1.54, 1.807) is 0 Å². The maximum Gasteiger partial charge on any atom is 0.321 e. The summed E-state index contributed by atoms with van der Waals surface area (Å²) in [7, 11) is -1.54. The van der Waals surface area contributed by atoms with Crippen LogP contribution in [0.3, 0.4) is 0 Å². The molecule has 0 unspecified atom stereocenters. The molecule has 1 atom stereocenters. The van der Waals surface area contributed by atoms with Crippen molar-refractivity contribution in [2.45, 2.75) is 19.5 Å². The smallest absolute Gasteiger partial charge is 0.321 e. The minimum absolute atomic E-state index is 0.117. The highest BCUT2D eigenvalue weighted by atomic mass is 32.2. The predicted octanol–water partition coefficient (Wildman–Crippen LogP) is 0.676. The van der Waals surface area contributed by atoms with Crippen molar-refractivity contribution in [3.63, 3.8) is 0 Å². The second-order valence-electron chi connectivity index (χ2n) is 4.74. The molecule has 0 heterocycles. The topological polar surface area (TPSA) is 121 Å². The number of hydrogen-bond donors (Lipinski definition) is 1. The Balaban J connectivity index is 3.32. The van der Waals surface area contributed by atoms with E-state index in [9.17, 15) is 23.3 Å². The van der Waals surface area contributed by atoms with Crippen LogP contribution in [0.15, 0.2) is 24.3 Å². The summed E-state index contributed by atoms with van der Waals surface area (Å²) in [5, 5.41) is 20.1. The van der Waals surface area contributed by atoms with Crippen LogP contribution in [0.5, 0.6) is 0 Å². The molecule has 10 heteroatoms. The number of carbonyl (C=O) groups is 1. The number of para-hydroxylation sites is 1. The molecule has 1 rings (SSSR count). The molecule has 22 heavy (non-hydrogen) atoms. The first-order valence-corrected chi connectivity index (χ1v) is 7.63. The van der Waals surface area contributed by atoms with Crippen molar-refractivity contribution >= 4 is 21.9 Å². The van der Waals surface area contributed by atoms with Crippen LogP contribution in [0.25, 0.3) is 0 Å². The monoisotopic (exact) mass is 331 g/mol. The number of aliphatic carboxylic acids is 1. The molecule has 0 bridgehead atoms. The molecule has 0 spiro atoms. The number of hydrogen-bond acceptors (Lipinski definition) is 5. The van der Waals surface area contributed by atoms with E-state index in [0.29, 0.717) is 4.31 Å². The second-order valence-corrected chi connectivity index (χ2v) is 6.83. The Morgan fingerprint density at radius 2 is 1.91 bits per heavy atom. The van der Waals surface area contributed by atoms with Crippen LogP contribution >= 0.6 is 0 Å². The molecule has 9 nitrogen and oxygen atoms in total. The van der Waals surface area contributed by atoms with Gasteiger partial charge in [0.25, 0.3) is 15.9 Å². The van der Waals surface area contributed by atoms with Gasteiger partial charge in [-0.25, -0.2) is 0 Å². The number of nitro benzene ring substituents is 1. The summed E-state index contributed by atoms with van der Waals surface area (Å²) in [6.07, 6.45) is 0. The highest BCUT2D eigenvalue weighted by Crippen LogP contribution is 2.23. The Bertz CT molecular complexity index is 673. The first-order chi connectivity index (χ1) is 10.1. The van der Waals surface area contributed by atoms with Gasteiger partial charge in [0, 0.05) is 32.3 Å². The van der Waals surface area contributed by atoms with Crippen LogP contribution in [0.1, 0.15) is 12.5 Å². The zero-order valence-corrected chi connectivity index (χ0v) is 13.1. The van der Waals surface area contributed by atoms with Crippen LogP contribution in [0.4, 0.5) is 5.69 Å². The molecule has 0 amide bonds. The van der Waals surface area contributed by atoms with Gasteiger partial charge < -0.3 is 5.11 Å². The normalized spacial score (nSPS) is 13.3. The fourth-order valence-electron chi connectivity index (χ4n) is 1.74. The van der Waals surface area contributed by atoms with Gasteiger partial charge in [-0.2, -0.15) is 17.0 Å². The number of carboxylic acids is 1. The number of carboxylic acid groups (broad SMARTS) is 1. The van der Waals surface area contributed by atoms with Crippen LogP contribution in [0, 0.1) is 10.1 Å². The Morgan fingerprint density at radius 1 is 1.36 bits per heavy atom. The van der Waals surface area contributed by atoms with Crippen molar-refractivity contribution in [1.82, 2.24) is 8.61 Å². The largest absolute Gasteiger partial charge is 0.480 e. The molecule has 0 radical (unpaired) electrons. The lowest BCUT2D eigenvalue weighted by atomic mass is 10.1. The first-order valence-electron chi connectivity index (χ1n) is 6.23. The highest BCUT2D eigenvalue weighted by molar-refractivity contribution is 7.86. The maximum atomic E-state index is 12.3. The minimum Gasteiger partial charge on any atom is -0.480 e. The molecular weight excluding hydrogens is 314 g/mol. The molecule has 122 valence electrons. The zero-order valence-electron chi connectivity index (χ0n) is 12.3. The van der Waals surface area contributed by atoms with E-state index in [-0.39, 0.29) is 11.3 Å². The number of rotatable bonds is 7. The van der Waals surface area contributed by atoms with Crippen molar-refractivity contribution in [2.24, 2.45) is 0 Å². The van der Waals surface area contributed by atoms with Gasteiger partial charge >= 0.3 is 5.97 Å². The Kier molecular flexibility index (Phi) is 5.58. The lowest BCUT2D eigenvalue weighted by molar-refractivity contribution is -0.385. The molecule has 1 aromatic carbocycles. The van der Waals surface area contributed by atoms with Crippen LogP contribution in [0.2, 0.25) is 0 Å². The van der Waals surface area contributed by atoms with E-state index in [1.165, 1.54) is 45.3 Å². The van der Waals surface area contributed by atoms with E-state index >= 15 is 0 Å². The third kappa shape index (κ3) is 3.78. The molecule has 0 aromatic heterocycles. The summed E-state index contributed by atoms with van der Waals surface area (Å²) in [5.74, 6) is -1.34. The average molecular weight is 331 g/mol. The predicted molar refractivity (Wildman–Crippen MR) is 78.3 cm³/mol. The van der Waals surface area contributed by atoms with Crippen molar-refractivity contribution < 1.29 is 23.2 Å². The van der Waals surface area contributed by atoms with Gasteiger partial charge in [-0.1, -0.05) is 18.2 Å². The lowest BCUT2D eigenvalue weighted by Gasteiger charge is -2.28. The molecule has 0 aliphatic heterocycles. The van der Waals surface area contributed by atoms with Gasteiger partial charge in [-0.15, -0.1) is 0 Å². The average Bonchev–Trinajstić information content (AvgIpc) is 2.43. The fourth-order valence-corrected chi connectivity index (χ4v) is 2.95. The van der Waals surface area contributed by atoms with E-state index < -0.39 is 33.7 Å². The zero-order chi connectivity index (χ0) is 17.1. The summed E-state index contributed by atoms with van der Waals surface area (Å²) in [4.78, 5) is 21.5. The van der Waals surface area contributed by atoms with E-state index in [1.807, 2.05) is 0 Å². The van der Waals surface area contributed by atoms with Crippen molar-refractivity contribution in [1.29, 1.82) is 0 Å². The Hall–Kier alpha value is -2.04. The molecule has 1 N–H and O–H groups in total. The van der Waals surface area contributed by atoms with E-state index in [4.69, 9.17) is 5.11 Å². The van der Waals surface area contributed by atoms with Gasteiger partial charge in [0.1, 0.15) is 6.04 Å². The Labute approximate surface area is 128 Å². The number of benzene rings is 1. The lowest BCUT2D eigenvalue weighted by Crippen LogP contribution is -2.47. The molecule has 0 saturated carbocycles. The maximum absolute atomic E-state index is 12.3. The quantitative estimate of drug-likeness (QED) is 0.579. The van der Waals surface area contributed by atoms with E-state index in [2.05, 4.69) is 0 Å². The summed E-state index contributed by atoms with van der Waals surface area (Å²) < 4.78 is 26.1. The fraction of sp³-hybridized carbons (Fsp3) is 0.417. The standard InChI is InChI=1S/C12H17N3O6S/c1-9(12(16)17)14(22(20,21)13(2)3)8-10-6-4-5-7-11(10)15(18)19/h4-7,9H,8H2,1-3H3,(H,16,17)/t9-/m0/s1. The van der Waals surface area contributed by atoms with Crippen molar-refractivity contribution in [3.8, 4) is 0 Å². The van der Waals surface area contributed by atoms with Crippen molar-refractivity contribution in [3.05, 3.63) is 39.9 Å². The molecule has 0 aliphatic rings. The Morgan fingerprint density at radius 3 is 2.36 bits per heavy atom. The SMILES string of the molecule is C[C@@H](C(=O)O)N(Cc1ccccc1[N+](=O)[O-])S(=O)(=O)N(C)C. The molecular formula is C12H17N3O6S. The van der Waals surface area contributed by atoms with Crippen LogP contribution in [-0.4, -0.2) is 53.2 Å². The molecule has 0 aliphatic carbocycles. The van der Waals surface area contributed by atoms with Crippen LogP contribution in [-0.2, 0) is 21.5 Å². The minimum atomic E-state index is -4.06. The highest BCUT2D eigenvalue weighted by Gasteiger charge is 2.34. The third-order valence-electron chi connectivity index (χ3n) is 3.06. The summed E-state index contributed by atoms with van der Waals surface area (Å²) in [5.41, 5.74) is -0.148. The first kappa shape index (κ1) is 18.0. The van der Waals surface area contributed by atoms with Gasteiger partial charge in [0.15, 0.2) is 0 Å². The molecule has 0 saturated heterocycles.